The van der Waals surface area contributed by atoms with E-state index < -0.39 is 6.29 Å². The van der Waals surface area contributed by atoms with Crippen LogP contribution in [0.4, 0.5) is 0 Å². The lowest BCUT2D eigenvalue weighted by Crippen LogP contribution is -2.19. The van der Waals surface area contributed by atoms with E-state index in [9.17, 15) is 0 Å². The molecule has 1 unspecified atom stereocenters. The maximum Gasteiger partial charge on any atom is 0.233 e. The number of rotatable bonds is 1. The summed E-state index contributed by atoms with van der Waals surface area (Å²) in [6.07, 6.45) is -0.766. The molecule has 1 aliphatic rings. The summed E-state index contributed by atoms with van der Waals surface area (Å²) in [5.41, 5.74) is 1.03. The van der Waals surface area contributed by atoms with Gasteiger partial charge in [-0.05, 0) is 0 Å². The second-order valence-corrected chi connectivity index (χ2v) is 3.64. The van der Waals surface area contributed by atoms with Gasteiger partial charge in [-0.25, -0.2) is 0 Å². The third-order valence-corrected chi connectivity index (χ3v) is 2.68. The van der Waals surface area contributed by atoms with Crippen LogP contribution in [-0.4, -0.2) is 22.2 Å². The van der Waals surface area contributed by atoms with Gasteiger partial charge in [0.2, 0.25) is 6.29 Å². The van der Waals surface area contributed by atoms with Crippen molar-refractivity contribution in [2.75, 3.05) is 5.75 Å². The van der Waals surface area contributed by atoms with Crippen molar-refractivity contribution in [1.82, 2.24) is 0 Å². The van der Waals surface area contributed by atoms with E-state index in [2.05, 4.69) is 5.16 Å². The van der Waals surface area contributed by atoms with E-state index in [4.69, 9.17) is 9.94 Å². The largest absolute Gasteiger partial charge is 0.362 e. The standard InChI is InChI=1S/C9H9NO2S/c11-8-6-13-9(10-12-8)7-4-2-1-3-5-7/h1-5,8,11H,6H2. The fourth-order valence-electron chi connectivity index (χ4n) is 1.03. The average Bonchev–Trinajstić information content (AvgIpc) is 2.20. The number of oxime groups is 1. The first kappa shape index (κ1) is 8.59. The van der Waals surface area contributed by atoms with E-state index in [-0.39, 0.29) is 0 Å². The van der Waals surface area contributed by atoms with Gasteiger partial charge in [0, 0.05) is 5.56 Å². The Morgan fingerprint density at radius 1 is 1.38 bits per heavy atom. The van der Waals surface area contributed by atoms with Gasteiger partial charge < -0.3 is 9.94 Å². The first-order chi connectivity index (χ1) is 6.36. The van der Waals surface area contributed by atoms with Gasteiger partial charge in [-0.3, -0.25) is 0 Å². The van der Waals surface area contributed by atoms with E-state index >= 15 is 0 Å². The van der Waals surface area contributed by atoms with Gasteiger partial charge >= 0.3 is 0 Å². The highest BCUT2D eigenvalue weighted by Crippen LogP contribution is 2.19. The quantitative estimate of drug-likeness (QED) is 0.737. The maximum absolute atomic E-state index is 9.02. The summed E-state index contributed by atoms with van der Waals surface area (Å²) in [6, 6.07) is 9.78. The summed E-state index contributed by atoms with van der Waals surface area (Å²) in [6.45, 7) is 0. The zero-order valence-corrected chi connectivity index (χ0v) is 7.70. The van der Waals surface area contributed by atoms with Crippen LogP contribution in [-0.2, 0) is 4.84 Å². The topological polar surface area (TPSA) is 41.8 Å². The molecule has 0 radical (unpaired) electrons. The monoisotopic (exact) mass is 195 g/mol. The zero-order valence-electron chi connectivity index (χ0n) is 6.88. The molecule has 2 rings (SSSR count). The highest BCUT2D eigenvalue weighted by atomic mass is 32.2. The van der Waals surface area contributed by atoms with Crippen molar-refractivity contribution >= 4 is 16.8 Å². The number of aliphatic hydroxyl groups excluding tert-OH is 1. The van der Waals surface area contributed by atoms with Crippen LogP contribution in [0.2, 0.25) is 0 Å². The Morgan fingerprint density at radius 2 is 2.15 bits per heavy atom. The van der Waals surface area contributed by atoms with E-state index in [1.807, 2.05) is 30.3 Å². The highest BCUT2D eigenvalue weighted by molar-refractivity contribution is 8.14. The van der Waals surface area contributed by atoms with Crippen molar-refractivity contribution in [2.24, 2.45) is 5.16 Å². The molecule has 0 spiro atoms. The summed E-state index contributed by atoms with van der Waals surface area (Å²) < 4.78 is 0. The lowest BCUT2D eigenvalue weighted by Gasteiger charge is -2.15. The van der Waals surface area contributed by atoms with Gasteiger partial charge in [0.25, 0.3) is 0 Å². The van der Waals surface area contributed by atoms with Crippen LogP contribution in [0.1, 0.15) is 5.56 Å². The fraction of sp³-hybridized carbons (Fsp3) is 0.222. The van der Waals surface area contributed by atoms with Gasteiger partial charge in [-0.1, -0.05) is 47.2 Å². The van der Waals surface area contributed by atoms with E-state index in [1.165, 1.54) is 11.8 Å². The molecule has 1 heterocycles. The van der Waals surface area contributed by atoms with E-state index in [1.54, 1.807) is 0 Å². The summed E-state index contributed by atoms with van der Waals surface area (Å²) in [4.78, 5) is 4.77. The number of hydrogen-bond donors (Lipinski definition) is 1. The number of aliphatic hydroxyl groups is 1. The van der Waals surface area contributed by atoms with Crippen LogP contribution < -0.4 is 0 Å². The Bertz CT molecular complexity index is 313. The number of hydrogen-bond acceptors (Lipinski definition) is 4. The molecule has 1 N–H and O–H groups in total. The second-order valence-electron chi connectivity index (χ2n) is 2.63. The van der Waals surface area contributed by atoms with Crippen LogP contribution in [0.25, 0.3) is 0 Å². The zero-order chi connectivity index (χ0) is 9.10. The lowest BCUT2D eigenvalue weighted by molar-refractivity contribution is -0.0813. The molecule has 4 heteroatoms. The fourth-order valence-corrected chi connectivity index (χ4v) is 1.79. The van der Waals surface area contributed by atoms with Gasteiger partial charge in [-0.15, -0.1) is 0 Å². The van der Waals surface area contributed by atoms with E-state index in [0.717, 1.165) is 10.6 Å². The lowest BCUT2D eigenvalue weighted by atomic mass is 10.2. The van der Waals surface area contributed by atoms with Crippen LogP contribution in [0.15, 0.2) is 35.5 Å². The SMILES string of the molecule is OC1CSC(c2ccccc2)=NO1. The summed E-state index contributed by atoms with van der Waals surface area (Å²) >= 11 is 1.50. The molecule has 1 atom stereocenters. The first-order valence-corrected chi connectivity index (χ1v) is 4.95. The van der Waals surface area contributed by atoms with Crippen molar-refractivity contribution in [3.05, 3.63) is 35.9 Å². The molecule has 68 valence electrons. The van der Waals surface area contributed by atoms with E-state index in [0.29, 0.717) is 5.75 Å². The summed E-state index contributed by atoms with van der Waals surface area (Å²) in [5.74, 6) is 0.535. The third-order valence-electron chi connectivity index (χ3n) is 1.64. The van der Waals surface area contributed by atoms with Crippen molar-refractivity contribution in [3.63, 3.8) is 0 Å². The summed E-state index contributed by atoms with van der Waals surface area (Å²) in [7, 11) is 0. The van der Waals surface area contributed by atoms with Crippen molar-refractivity contribution in [3.8, 4) is 0 Å². The maximum atomic E-state index is 9.02. The molecule has 0 saturated heterocycles. The normalized spacial score (nSPS) is 21.9. The second kappa shape index (κ2) is 3.81. The minimum atomic E-state index is -0.766. The Kier molecular flexibility index (Phi) is 2.52. The molecule has 0 saturated carbocycles. The Balaban J connectivity index is 2.19. The Morgan fingerprint density at radius 3 is 2.77 bits per heavy atom. The Labute approximate surface area is 80.4 Å². The van der Waals surface area contributed by atoms with Crippen molar-refractivity contribution in [2.45, 2.75) is 6.29 Å². The smallest absolute Gasteiger partial charge is 0.233 e. The number of benzene rings is 1. The van der Waals surface area contributed by atoms with Gasteiger partial charge in [0.1, 0.15) is 5.04 Å². The molecule has 3 nitrogen and oxygen atoms in total. The van der Waals surface area contributed by atoms with Crippen molar-refractivity contribution < 1.29 is 9.94 Å². The number of thioether (sulfide) groups is 1. The van der Waals surface area contributed by atoms with Crippen LogP contribution in [0.3, 0.4) is 0 Å². The number of nitrogens with zero attached hydrogens (tertiary/aromatic N) is 1. The summed E-state index contributed by atoms with van der Waals surface area (Å²) in [5, 5.41) is 13.7. The molecular formula is C9H9NO2S. The molecule has 0 aliphatic carbocycles. The van der Waals surface area contributed by atoms with Gasteiger partial charge in [-0.2, -0.15) is 0 Å². The predicted molar refractivity (Wildman–Crippen MR) is 52.5 cm³/mol. The van der Waals surface area contributed by atoms with Crippen LogP contribution in [0, 0.1) is 0 Å². The van der Waals surface area contributed by atoms with Crippen LogP contribution in [0.5, 0.6) is 0 Å². The molecule has 0 fully saturated rings. The molecule has 1 aromatic rings. The first-order valence-electron chi connectivity index (χ1n) is 3.96. The highest BCUT2D eigenvalue weighted by Gasteiger charge is 2.15. The van der Waals surface area contributed by atoms with Crippen LogP contribution >= 0.6 is 11.8 Å². The molecule has 0 aromatic heterocycles. The Hall–Kier alpha value is -1.00. The molecular weight excluding hydrogens is 186 g/mol. The predicted octanol–water partition coefficient (Wildman–Crippen LogP) is 1.43. The van der Waals surface area contributed by atoms with Crippen molar-refractivity contribution in [1.29, 1.82) is 0 Å². The molecule has 0 amide bonds. The molecule has 1 aliphatic heterocycles. The van der Waals surface area contributed by atoms with Gasteiger partial charge in [0.15, 0.2) is 0 Å². The average molecular weight is 195 g/mol. The minimum Gasteiger partial charge on any atom is -0.362 e. The van der Waals surface area contributed by atoms with Gasteiger partial charge in [0.05, 0.1) is 5.75 Å². The minimum absolute atomic E-state index is 0.535. The third kappa shape index (κ3) is 2.02. The molecule has 13 heavy (non-hydrogen) atoms. The molecule has 1 aromatic carbocycles. The molecule has 0 bridgehead atoms.